The maximum absolute atomic E-state index is 13.2. The molecule has 3 aliphatic rings. The number of nitrogens with zero attached hydrogens (tertiary/aromatic N) is 2. The number of hydrogen-bond donors (Lipinski definition) is 1. The van der Waals surface area contributed by atoms with Crippen LogP contribution in [0.2, 0.25) is 0 Å². The van der Waals surface area contributed by atoms with Crippen LogP contribution >= 0.6 is 0 Å². The number of anilines is 1. The Morgan fingerprint density at radius 3 is 2.90 bits per heavy atom. The summed E-state index contributed by atoms with van der Waals surface area (Å²) in [6.45, 7) is 1.50. The van der Waals surface area contributed by atoms with E-state index in [0.717, 1.165) is 42.6 Å². The summed E-state index contributed by atoms with van der Waals surface area (Å²) in [5.41, 5.74) is 2.93. The van der Waals surface area contributed by atoms with Gasteiger partial charge in [-0.2, -0.15) is 0 Å². The summed E-state index contributed by atoms with van der Waals surface area (Å²) in [5.74, 6) is 1.17. The number of piperidine rings is 1. The second-order valence-electron chi connectivity index (χ2n) is 8.04. The van der Waals surface area contributed by atoms with Crippen LogP contribution in [-0.2, 0) is 17.8 Å². The second kappa shape index (κ2) is 7.51. The molecule has 2 unspecified atom stereocenters. The molecule has 0 saturated carbocycles. The lowest BCUT2D eigenvalue weighted by Gasteiger charge is -2.45. The Bertz CT molecular complexity index is 1010. The molecule has 0 radical (unpaired) electrons. The minimum atomic E-state index is -0.378. The maximum Gasteiger partial charge on any atom is 0.269 e. The van der Waals surface area contributed by atoms with E-state index in [2.05, 4.69) is 10.2 Å². The topological polar surface area (TPSA) is 93.9 Å². The largest absolute Gasteiger partial charge is 0.454 e. The van der Waals surface area contributed by atoms with Gasteiger partial charge in [0.1, 0.15) is 0 Å². The van der Waals surface area contributed by atoms with Gasteiger partial charge in [0.25, 0.3) is 5.69 Å². The first-order valence-corrected chi connectivity index (χ1v) is 10.3. The van der Waals surface area contributed by atoms with Crippen LogP contribution in [0.3, 0.4) is 0 Å². The van der Waals surface area contributed by atoms with Gasteiger partial charge in [-0.15, -0.1) is 0 Å². The van der Waals surface area contributed by atoms with E-state index in [4.69, 9.17) is 9.47 Å². The number of nitrogens with one attached hydrogen (secondary N) is 1. The van der Waals surface area contributed by atoms with Crippen LogP contribution in [0.25, 0.3) is 0 Å². The Balaban J connectivity index is 1.35. The van der Waals surface area contributed by atoms with Gasteiger partial charge >= 0.3 is 0 Å². The van der Waals surface area contributed by atoms with Crippen molar-refractivity contribution in [3.8, 4) is 11.5 Å². The van der Waals surface area contributed by atoms with Gasteiger partial charge in [0, 0.05) is 37.0 Å². The Kier molecular flexibility index (Phi) is 4.69. The Morgan fingerprint density at radius 2 is 2.03 bits per heavy atom. The normalized spacial score (nSPS) is 21.5. The number of carbonyl (C=O) groups excluding carboxylic acids is 1. The van der Waals surface area contributed by atoms with Gasteiger partial charge < -0.3 is 19.7 Å². The monoisotopic (exact) mass is 409 g/mol. The lowest BCUT2D eigenvalue weighted by Crippen LogP contribution is -2.53. The Hall–Kier alpha value is -3.29. The molecule has 1 N–H and O–H groups in total. The van der Waals surface area contributed by atoms with Crippen molar-refractivity contribution < 1.29 is 19.2 Å². The van der Waals surface area contributed by atoms with Gasteiger partial charge in [-0.1, -0.05) is 6.07 Å². The van der Waals surface area contributed by atoms with Gasteiger partial charge in [-0.25, -0.2) is 0 Å². The molecule has 0 aliphatic carbocycles. The molecule has 156 valence electrons. The third kappa shape index (κ3) is 3.32. The molecule has 2 aromatic carbocycles. The van der Waals surface area contributed by atoms with E-state index in [1.165, 1.54) is 0 Å². The zero-order valence-corrected chi connectivity index (χ0v) is 16.5. The van der Waals surface area contributed by atoms with Gasteiger partial charge in [0.05, 0.1) is 10.8 Å². The fraction of sp³-hybridized carbons (Fsp3) is 0.409. The SMILES string of the molecule is O=C(NCc1ccc2c(c1)OCO2)C1Cc2cc([N+](=O)[O-])ccc2N2CCCCC12. The molecule has 0 aromatic heterocycles. The predicted octanol–water partition coefficient (Wildman–Crippen LogP) is 3.17. The zero-order valence-electron chi connectivity index (χ0n) is 16.5. The quantitative estimate of drug-likeness (QED) is 0.616. The molecule has 0 bridgehead atoms. The van der Waals surface area contributed by atoms with Crippen molar-refractivity contribution >= 4 is 17.3 Å². The van der Waals surface area contributed by atoms with E-state index in [0.29, 0.717) is 24.5 Å². The number of carbonyl (C=O) groups is 1. The lowest BCUT2D eigenvalue weighted by atomic mass is 9.80. The molecular weight excluding hydrogens is 386 g/mol. The highest BCUT2D eigenvalue weighted by atomic mass is 16.7. The summed E-state index contributed by atoms with van der Waals surface area (Å²) in [6, 6.07) is 10.8. The first-order valence-electron chi connectivity index (χ1n) is 10.3. The van der Waals surface area contributed by atoms with E-state index < -0.39 is 0 Å². The van der Waals surface area contributed by atoms with Gasteiger partial charge in [-0.3, -0.25) is 14.9 Å². The Labute approximate surface area is 173 Å². The number of nitro groups is 1. The minimum absolute atomic E-state index is 0.0123. The van der Waals surface area contributed by atoms with Crippen LogP contribution in [0, 0.1) is 16.0 Å². The fourth-order valence-corrected chi connectivity index (χ4v) is 4.82. The maximum atomic E-state index is 13.2. The summed E-state index contributed by atoms with van der Waals surface area (Å²) in [4.78, 5) is 26.3. The molecule has 30 heavy (non-hydrogen) atoms. The zero-order chi connectivity index (χ0) is 20.7. The average molecular weight is 409 g/mol. The fourth-order valence-electron chi connectivity index (χ4n) is 4.82. The third-order valence-corrected chi connectivity index (χ3v) is 6.28. The molecule has 5 rings (SSSR count). The molecular formula is C22H23N3O5. The van der Waals surface area contributed by atoms with Crippen LogP contribution in [-0.4, -0.2) is 30.2 Å². The first-order chi connectivity index (χ1) is 14.6. The van der Waals surface area contributed by atoms with Crippen LogP contribution < -0.4 is 19.7 Å². The molecule has 0 spiro atoms. The minimum Gasteiger partial charge on any atom is -0.454 e. The highest BCUT2D eigenvalue weighted by molar-refractivity contribution is 5.82. The molecule has 3 aliphatic heterocycles. The average Bonchev–Trinajstić information content (AvgIpc) is 3.24. The highest BCUT2D eigenvalue weighted by Gasteiger charge is 2.40. The van der Waals surface area contributed by atoms with Crippen molar-refractivity contribution in [3.63, 3.8) is 0 Å². The molecule has 3 heterocycles. The molecule has 8 nitrogen and oxygen atoms in total. The predicted molar refractivity (Wildman–Crippen MR) is 110 cm³/mol. The molecule has 1 fully saturated rings. The van der Waals surface area contributed by atoms with Crippen molar-refractivity contribution in [2.45, 2.75) is 38.3 Å². The standard InChI is InChI=1S/C22H23N3O5/c26-22(23-12-14-4-7-20-21(9-14)30-13-29-20)17-11-15-10-16(25(27)28)5-6-18(15)24-8-2-1-3-19(17)24/h4-7,9-10,17,19H,1-3,8,11-13H2,(H,23,26). The van der Waals surface area contributed by atoms with Gasteiger partial charge in [-0.05, 0) is 55.0 Å². The molecule has 8 heteroatoms. The number of rotatable bonds is 4. The van der Waals surface area contributed by atoms with Crippen molar-refractivity contribution in [1.82, 2.24) is 5.32 Å². The van der Waals surface area contributed by atoms with E-state index >= 15 is 0 Å². The molecule has 2 atom stereocenters. The number of hydrogen-bond acceptors (Lipinski definition) is 6. The smallest absolute Gasteiger partial charge is 0.269 e. The second-order valence-corrected chi connectivity index (χ2v) is 8.04. The number of amides is 1. The number of nitro benzene ring substituents is 1. The summed E-state index contributed by atoms with van der Waals surface area (Å²) < 4.78 is 10.7. The van der Waals surface area contributed by atoms with Crippen LogP contribution in [0.4, 0.5) is 11.4 Å². The van der Waals surface area contributed by atoms with Gasteiger partial charge in [0.15, 0.2) is 11.5 Å². The number of benzene rings is 2. The van der Waals surface area contributed by atoms with Crippen LogP contribution in [0.1, 0.15) is 30.4 Å². The first kappa shape index (κ1) is 18.7. The van der Waals surface area contributed by atoms with Crippen molar-refractivity contribution in [2.24, 2.45) is 5.92 Å². The van der Waals surface area contributed by atoms with Crippen molar-refractivity contribution in [2.75, 3.05) is 18.2 Å². The van der Waals surface area contributed by atoms with Crippen LogP contribution in [0.5, 0.6) is 11.5 Å². The summed E-state index contributed by atoms with van der Waals surface area (Å²) in [6.07, 6.45) is 3.64. The molecule has 1 saturated heterocycles. The number of non-ortho nitro benzene ring substituents is 1. The van der Waals surface area contributed by atoms with E-state index in [1.54, 1.807) is 12.1 Å². The number of fused-ring (bicyclic) bond motifs is 4. The van der Waals surface area contributed by atoms with Crippen molar-refractivity contribution in [3.05, 3.63) is 57.6 Å². The van der Waals surface area contributed by atoms with E-state index in [9.17, 15) is 14.9 Å². The molecule has 1 amide bonds. The summed E-state index contributed by atoms with van der Waals surface area (Å²) >= 11 is 0. The Morgan fingerprint density at radius 1 is 1.17 bits per heavy atom. The summed E-state index contributed by atoms with van der Waals surface area (Å²) in [5, 5.41) is 14.3. The number of ether oxygens (including phenoxy) is 2. The van der Waals surface area contributed by atoms with Gasteiger partial charge in [0.2, 0.25) is 12.7 Å². The van der Waals surface area contributed by atoms with Crippen molar-refractivity contribution in [1.29, 1.82) is 0 Å². The van der Waals surface area contributed by atoms with E-state index in [1.807, 2.05) is 24.3 Å². The lowest BCUT2D eigenvalue weighted by molar-refractivity contribution is -0.384. The molecule has 2 aromatic rings. The highest BCUT2D eigenvalue weighted by Crippen LogP contribution is 2.40. The van der Waals surface area contributed by atoms with E-state index in [-0.39, 0.29) is 35.3 Å². The third-order valence-electron chi connectivity index (χ3n) is 6.28. The summed E-state index contributed by atoms with van der Waals surface area (Å²) in [7, 11) is 0. The van der Waals surface area contributed by atoms with Crippen LogP contribution in [0.15, 0.2) is 36.4 Å².